The van der Waals surface area contributed by atoms with Gasteiger partial charge in [0.1, 0.15) is 0 Å². The molecular formula is C11H25NaO9. The van der Waals surface area contributed by atoms with Gasteiger partial charge in [0, 0.05) is 28.4 Å². The van der Waals surface area contributed by atoms with Crippen LogP contribution in [0.2, 0.25) is 0 Å². The van der Waals surface area contributed by atoms with Gasteiger partial charge in [-0.25, -0.2) is 9.59 Å². The average Bonchev–Trinajstić information content (AvgIpc) is 2.33. The van der Waals surface area contributed by atoms with E-state index in [0.717, 1.165) is 0 Å². The van der Waals surface area contributed by atoms with E-state index in [1.54, 1.807) is 6.92 Å². The van der Waals surface area contributed by atoms with E-state index in [1.807, 2.05) is 0 Å². The van der Waals surface area contributed by atoms with Crippen molar-refractivity contribution in [3.63, 3.8) is 0 Å². The van der Waals surface area contributed by atoms with Crippen LogP contribution in [0.15, 0.2) is 0 Å². The zero-order chi connectivity index (χ0) is 14.6. The smallest absolute Gasteiger partial charge is 0.870 e. The number of esters is 1. The summed E-state index contributed by atoms with van der Waals surface area (Å²) in [7, 11) is 5.29. The van der Waals surface area contributed by atoms with Crippen molar-refractivity contribution < 1.29 is 73.4 Å². The summed E-state index contributed by atoms with van der Waals surface area (Å²) in [6.07, 6.45) is -2.02. The Morgan fingerprint density at radius 1 is 0.952 bits per heavy atom. The molecule has 0 aromatic heterocycles. The Hall–Kier alpha value is -0.260. The molecule has 2 N–H and O–H groups in total. The molecule has 0 aliphatic rings. The number of methoxy groups -OCH3 is 4. The third-order valence-electron chi connectivity index (χ3n) is 1.54. The Kier molecular flexibility index (Phi) is 34.2. The molecule has 0 aliphatic carbocycles. The minimum absolute atomic E-state index is 0. The second kappa shape index (κ2) is 22.0. The largest absolute Gasteiger partial charge is 1.00 e. The number of hydrogen-bond donors (Lipinski definition) is 1. The van der Waals surface area contributed by atoms with Crippen LogP contribution in [0.5, 0.6) is 0 Å². The first-order valence-electron chi connectivity index (χ1n) is 4.98. The maximum Gasteiger partial charge on any atom is 1.00 e. The summed E-state index contributed by atoms with van der Waals surface area (Å²) < 4.78 is 22.5. The van der Waals surface area contributed by atoms with Gasteiger partial charge in [-0.2, -0.15) is 0 Å². The maximum atomic E-state index is 10.7. The van der Waals surface area contributed by atoms with Crippen molar-refractivity contribution in [3.05, 3.63) is 0 Å². The van der Waals surface area contributed by atoms with Crippen molar-refractivity contribution >= 4 is 11.9 Å². The van der Waals surface area contributed by atoms with Crippen LogP contribution >= 0.6 is 0 Å². The summed E-state index contributed by atoms with van der Waals surface area (Å²) in [6, 6.07) is 0. The van der Waals surface area contributed by atoms with Gasteiger partial charge >= 0.3 is 41.5 Å². The fourth-order valence-corrected chi connectivity index (χ4v) is 0.797. The first kappa shape index (κ1) is 32.6. The van der Waals surface area contributed by atoms with Crippen LogP contribution in [0, 0.1) is 0 Å². The minimum atomic E-state index is -1.13. The molecule has 0 bridgehead atoms. The van der Waals surface area contributed by atoms with Crippen LogP contribution < -0.4 is 29.6 Å². The Morgan fingerprint density at radius 3 is 1.43 bits per heavy atom. The number of carboxylic acid groups (broad SMARTS) is 1. The van der Waals surface area contributed by atoms with Gasteiger partial charge in [-0.3, -0.25) is 0 Å². The van der Waals surface area contributed by atoms with Crippen molar-refractivity contribution in [1.82, 2.24) is 0 Å². The molecule has 0 fully saturated rings. The first-order valence-corrected chi connectivity index (χ1v) is 4.98. The number of carbonyl (C=O) groups excluding carboxylic acids is 1. The number of ether oxygens (including phenoxy) is 5. The predicted octanol–water partition coefficient (Wildman–Crippen LogP) is -2.68. The van der Waals surface area contributed by atoms with Gasteiger partial charge in [0.25, 0.3) is 12.6 Å². The van der Waals surface area contributed by atoms with Gasteiger partial charge in [-0.1, -0.05) is 7.43 Å². The fourth-order valence-electron chi connectivity index (χ4n) is 0.797. The van der Waals surface area contributed by atoms with E-state index >= 15 is 0 Å². The van der Waals surface area contributed by atoms with Gasteiger partial charge in [-0.15, -0.1) is 0 Å². The van der Waals surface area contributed by atoms with Crippen molar-refractivity contribution in [2.45, 2.75) is 26.9 Å². The summed E-state index contributed by atoms with van der Waals surface area (Å²) in [6.45, 7) is 2.06. The molecule has 124 valence electrons. The van der Waals surface area contributed by atoms with Gasteiger partial charge < -0.3 is 34.3 Å². The number of aliphatic carboxylic acids is 1. The average molecular weight is 324 g/mol. The number of carboxylic acids is 1. The van der Waals surface area contributed by atoms with Gasteiger partial charge in [0.05, 0.1) is 6.61 Å². The van der Waals surface area contributed by atoms with Crippen LogP contribution in [-0.2, 0) is 33.3 Å². The first-order chi connectivity index (χ1) is 8.48. The van der Waals surface area contributed by atoms with Gasteiger partial charge in [0.15, 0.2) is 0 Å². The molecule has 21 heavy (non-hydrogen) atoms. The number of hydrogen-bond acceptors (Lipinski definition) is 8. The predicted molar refractivity (Wildman–Crippen MR) is 68.5 cm³/mol. The van der Waals surface area contributed by atoms with E-state index in [-0.39, 0.29) is 42.5 Å². The summed E-state index contributed by atoms with van der Waals surface area (Å²) in [5.74, 6) is -1.61. The van der Waals surface area contributed by atoms with Crippen LogP contribution in [-0.4, -0.2) is 70.1 Å². The van der Waals surface area contributed by atoms with Crippen LogP contribution in [0.3, 0.4) is 0 Å². The molecule has 9 nitrogen and oxygen atoms in total. The fraction of sp³-hybridized carbons (Fsp3) is 0.818. The molecule has 0 rings (SSSR count). The normalized spacial score (nSPS) is 8.52. The number of carbonyl (C=O) groups is 2. The Balaban J connectivity index is -0.0000000724. The van der Waals surface area contributed by atoms with Crippen LogP contribution in [0.4, 0.5) is 0 Å². The van der Waals surface area contributed by atoms with E-state index in [4.69, 9.17) is 5.11 Å². The second-order valence-electron chi connectivity index (χ2n) is 2.70. The summed E-state index contributed by atoms with van der Waals surface area (Å²) in [5.41, 5.74) is 0. The van der Waals surface area contributed by atoms with Crippen molar-refractivity contribution in [2.24, 2.45) is 0 Å². The van der Waals surface area contributed by atoms with Crippen molar-refractivity contribution in [3.8, 4) is 0 Å². The molecule has 0 saturated heterocycles. The van der Waals surface area contributed by atoms with E-state index < -0.39 is 24.5 Å². The zero-order valence-corrected chi connectivity index (χ0v) is 14.6. The molecule has 0 aromatic rings. The van der Waals surface area contributed by atoms with Crippen molar-refractivity contribution in [1.29, 1.82) is 0 Å². The molecule has 0 unspecified atom stereocenters. The molecule has 0 heterocycles. The zero-order valence-electron chi connectivity index (χ0n) is 12.6. The van der Waals surface area contributed by atoms with Crippen molar-refractivity contribution in [2.75, 3.05) is 35.0 Å². The Labute approximate surface area is 147 Å². The van der Waals surface area contributed by atoms with Gasteiger partial charge in [-0.05, 0) is 6.92 Å². The minimum Gasteiger partial charge on any atom is -0.870 e. The molecular weight excluding hydrogens is 299 g/mol. The van der Waals surface area contributed by atoms with Crippen LogP contribution in [0.1, 0.15) is 14.4 Å². The molecule has 0 aliphatic heterocycles. The van der Waals surface area contributed by atoms with Crippen LogP contribution in [0.25, 0.3) is 0 Å². The third kappa shape index (κ3) is 17.7. The monoisotopic (exact) mass is 324 g/mol. The van der Waals surface area contributed by atoms with E-state index in [1.165, 1.54) is 28.4 Å². The molecule has 0 spiro atoms. The maximum absolute atomic E-state index is 10.7. The molecule has 0 atom stereocenters. The molecule has 0 radical (unpaired) electrons. The molecule has 0 amide bonds. The molecule has 10 heteroatoms. The number of rotatable bonds is 7. The molecule has 0 aromatic carbocycles. The molecule has 0 saturated carbocycles. The van der Waals surface area contributed by atoms with E-state index in [2.05, 4.69) is 23.7 Å². The van der Waals surface area contributed by atoms with E-state index in [9.17, 15) is 9.59 Å². The summed E-state index contributed by atoms with van der Waals surface area (Å²) >= 11 is 0. The van der Waals surface area contributed by atoms with Gasteiger partial charge in [0.2, 0.25) is 0 Å². The summed E-state index contributed by atoms with van der Waals surface area (Å²) in [5, 5.41) is 8.12. The Morgan fingerprint density at radius 2 is 1.29 bits per heavy atom. The standard InChI is InChI=1S/C6H12O4.C4H8O4.CH4.Na.H2O/c1-4-10-5(7)6(8-2)9-3;1-7-4(8-2)3(5)6;;;/h6H,4H2,1-3H3;4H,1-2H3,(H,5,6);1H4;;1H2/q;;;+1;/p-1. The Bertz CT molecular complexity index is 230. The SMILES string of the molecule is C.CCOC(=O)C(OC)OC.COC(OC)C(=O)O.[Na+].[OH-]. The second-order valence-corrected chi connectivity index (χ2v) is 2.70. The third-order valence-corrected chi connectivity index (χ3v) is 1.54. The van der Waals surface area contributed by atoms with E-state index in [0.29, 0.717) is 6.61 Å². The summed E-state index contributed by atoms with van der Waals surface area (Å²) in [4.78, 5) is 20.6. The topological polar surface area (TPSA) is 131 Å². The quantitative estimate of drug-likeness (QED) is 0.302.